The van der Waals surface area contributed by atoms with Crippen LogP contribution in [0, 0.1) is 10.5 Å². The molecule has 0 aliphatic rings. The average Bonchev–Trinajstić information content (AvgIpc) is 2.84. The van der Waals surface area contributed by atoms with Crippen molar-refractivity contribution in [1.82, 2.24) is 4.98 Å². The van der Waals surface area contributed by atoms with Crippen molar-refractivity contribution in [3.8, 4) is 5.75 Å². The predicted octanol–water partition coefficient (Wildman–Crippen LogP) is 2.65. The number of carbonyl (C=O) groups is 2. The minimum Gasteiger partial charge on any atom is -0.484 e. The highest BCUT2D eigenvalue weighted by Crippen LogP contribution is 2.31. The Labute approximate surface area is 155 Å². The van der Waals surface area contributed by atoms with E-state index >= 15 is 0 Å². The number of ether oxygens (including phenoxy) is 1. The lowest BCUT2D eigenvalue weighted by atomic mass is 10.3. The predicted molar refractivity (Wildman–Crippen MR) is 100 cm³/mol. The third-order valence-electron chi connectivity index (χ3n) is 2.53. The number of nitrogens with one attached hydrogen (secondary N) is 1. The zero-order chi connectivity index (χ0) is 16.8. The second kappa shape index (κ2) is 8.50. The van der Waals surface area contributed by atoms with Crippen LogP contribution in [-0.4, -0.2) is 29.2 Å². The van der Waals surface area contributed by atoms with Crippen LogP contribution < -0.4 is 15.8 Å². The summed E-state index contributed by atoms with van der Waals surface area (Å²) in [5.74, 6) is 0.142. The quantitative estimate of drug-likeness (QED) is 0.487. The number of anilines is 1. The van der Waals surface area contributed by atoms with E-state index in [0.29, 0.717) is 10.9 Å². The molecule has 0 bridgehead atoms. The maximum absolute atomic E-state index is 11.9. The Hall–Kier alpha value is -1.33. The molecule has 2 aromatic rings. The highest BCUT2D eigenvalue weighted by atomic mass is 127. The highest BCUT2D eigenvalue weighted by molar-refractivity contribution is 14.1. The van der Waals surface area contributed by atoms with Gasteiger partial charge < -0.3 is 10.5 Å². The Bertz CT molecular complexity index is 704. The normalized spacial score (nSPS) is 10.3. The summed E-state index contributed by atoms with van der Waals surface area (Å²) in [6.45, 7) is 1.72. The van der Waals surface area contributed by atoms with Gasteiger partial charge in [0, 0.05) is 3.57 Å². The van der Waals surface area contributed by atoms with E-state index in [0.717, 1.165) is 13.5 Å². The van der Waals surface area contributed by atoms with E-state index in [1.54, 1.807) is 12.1 Å². The molecule has 1 heterocycles. The molecule has 0 saturated heterocycles. The fraction of sp³-hybridized carbons (Fsp3) is 0.214. The molecule has 23 heavy (non-hydrogen) atoms. The highest BCUT2D eigenvalue weighted by Gasteiger charge is 2.12. The van der Waals surface area contributed by atoms with Crippen molar-refractivity contribution >= 4 is 62.6 Å². The number of primary amides is 1. The summed E-state index contributed by atoms with van der Waals surface area (Å²) < 4.78 is 7.36. The first-order valence-electron chi connectivity index (χ1n) is 6.51. The van der Waals surface area contributed by atoms with E-state index in [9.17, 15) is 9.59 Å². The average molecular weight is 463 g/mol. The van der Waals surface area contributed by atoms with Crippen molar-refractivity contribution in [2.24, 2.45) is 5.73 Å². The number of thioether (sulfide) groups is 1. The number of thiazole rings is 1. The van der Waals surface area contributed by atoms with Crippen LogP contribution in [-0.2, 0) is 9.59 Å². The van der Waals surface area contributed by atoms with Crippen molar-refractivity contribution in [1.29, 1.82) is 0 Å². The summed E-state index contributed by atoms with van der Waals surface area (Å²) in [4.78, 5) is 26.9. The third kappa shape index (κ3) is 5.99. The largest absolute Gasteiger partial charge is 0.484 e. The molecule has 122 valence electrons. The number of nitrogens with two attached hydrogens (primary N) is 1. The number of aryl methyl sites for hydroxylation is 1. The molecule has 0 fully saturated rings. The van der Waals surface area contributed by atoms with Crippen LogP contribution in [0.1, 0.15) is 5.69 Å². The summed E-state index contributed by atoms with van der Waals surface area (Å²) in [7, 11) is 0. The fourth-order valence-electron chi connectivity index (χ4n) is 1.54. The molecule has 1 aromatic heterocycles. The first-order chi connectivity index (χ1) is 10.9. The van der Waals surface area contributed by atoms with Gasteiger partial charge in [-0.15, -0.1) is 11.8 Å². The molecule has 0 aliphatic heterocycles. The number of hydrogen-bond acceptors (Lipinski definition) is 6. The van der Waals surface area contributed by atoms with Gasteiger partial charge in [-0.05, 0) is 53.8 Å². The molecule has 9 heteroatoms. The number of carbonyl (C=O) groups excluding carboxylic acids is 2. The first kappa shape index (κ1) is 18.0. The molecule has 0 saturated carbocycles. The van der Waals surface area contributed by atoms with E-state index in [2.05, 4.69) is 32.9 Å². The number of halogens is 1. The molecule has 2 amide bonds. The lowest BCUT2D eigenvalue weighted by Gasteiger charge is -2.05. The summed E-state index contributed by atoms with van der Waals surface area (Å²) in [6.07, 6.45) is 0. The molecule has 0 spiro atoms. The lowest BCUT2D eigenvalue weighted by Crippen LogP contribution is -2.20. The molecule has 6 nitrogen and oxygen atoms in total. The monoisotopic (exact) mass is 463 g/mol. The molecular weight excluding hydrogens is 449 g/mol. The number of rotatable bonds is 7. The van der Waals surface area contributed by atoms with Crippen molar-refractivity contribution < 1.29 is 14.3 Å². The summed E-state index contributed by atoms with van der Waals surface area (Å²) in [6, 6.07) is 7.42. The Morgan fingerprint density at radius 2 is 2.09 bits per heavy atom. The van der Waals surface area contributed by atoms with E-state index < -0.39 is 0 Å². The van der Waals surface area contributed by atoms with Crippen molar-refractivity contribution in [2.45, 2.75) is 11.1 Å². The molecular formula is C14H14IN3O3S2. The van der Waals surface area contributed by atoms with E-state index in [1.165, 1.54) is 23.1 Å². The van der Waals surface area contributed by atoms with E-state index in [4.69, 9.17) is 10.5 Å². The molecule has 2 rings (SSSR count). The number of nitrogens with zero attached hydrogens (tertiary/aromatic N) is 1. The van der Waals surface area contributed by atoms with Gasteiger partial charge in [0.1, 0.15) is 5.75 Å². The zero-order valence-corrected chi connectivity index (χ0v) is 16.0. The second-order valence-corrected chi connectivity index (χ2v) is 7.93. The fourth-order valence-corrected chi connectivity index (χ4v) is 3.79. The van der Waals surface area contributed by atoms with Gasteiger partial charge in [-0.2, -0.15) is 0 Å². The SMILES string of the molecule is Cc1nc(NC(=O)COc2ccc(I)cc2)sc1SCC(N)=O. The molecule has 0 radical (unpaired) electrons. The number of hydrogen-bond donors (Lipinski definition) is 2. The smallest absolute Gasteiger partial charge is 0.264 e. The second-order valence-electron chi connectivity index (χ2n) is 4.44. The van der Waals surface area contributed by atoms with Crippen molar-refractivity contribution in [3.05, 3.63) is 33.5 Å². The van der Waals surface area contributed by atoms with E-state index in [1.807, 2.05) is 19.1 Å². The van der Waals surface area contributed by atoms with Gasteiger partial charge in [0.25, 0.3) is 5.91 Å². The Kier molecular flexibility index (Phi) is 6.66. The topological polar surface area (TPSA) is 94.3 Å². The van der Waals surface area contributed by atoms with Crippen LogP contribution in [0.4, 0.5) is 5.13 Å². The Morgan fingerprint density at radius 3 is 2.74 bits per heavy atom. The van der Waals surface area contributed by atoms with Crippen molar-refractivity contribution in [2.75, 3.05) is 17.7 Å². The zero-order valence-electron chi connectivity index (χ0n) is 12.2. The van der Waals surface area contributed by atoms with Gasteiger partial charge in [0.05, 0.1) is 15.7 Å². The molecule has 0 atom stereocenters. The molecule has 0 unspecified atom stereocenters. The first-order valence-corrected chi connectivity index (χ1v) is 9.39. The van der Waals surface area contributed by atoms with Crippen LogP contribution in [0.2, 0.25) is 0 Å². The summed E-state index contributed by atoms with van der Waals surface area (Å²) in [5.41, 5.74) is 5.88. The maximum atomic E-state index is 11.9. The lowest BCUT2D eigenvalue weighted by molar-refractivity contribution is -0.118. The maximum Gasteiger partial charge on any atom is 0.264 e. The number of amides is 2. The third-order valence-corrected chi connectivity index (χ3v) is 5.71. The van der Waals surface area contributed by atoms with Gasteiger partial charge in [0.15, 0.2) is 11.7 Å². The summed E-state index contributed by atoms with van der Waals surface area (Å²) >= 11 is 4.82. The summed E-state index contributed by atoms with van der Waals surface area (Å²) in [5, 5.41) is 3.16. The Morgan fingerprint density at radius 1 is 1.39 bits per heavy atom. The van der Waals surface area contributed by atoms with Crippen LogP contribution in [0.25, 0.3) is 0 Å². The molecule has 0 aliphatic carbocycles. The minimum absolute atomic E-state index is 0.0943. The minimum atomic E-state index is -0.390. The van der Waals surface area contributed by atoms with Crippen LogP contribution in [0.15, 0.2) is 28.5 Å². The van der Waals surface area contributed by atoms with Crippen LogP contribution in [0.5, 0.6) is 5.75 Å². The van der Waals surface area contributed by atoms with Gasteiger partial charge >= 0.3 is 0 Å². The number of aromatic nitrogens is 1. The number of benzene rings is 1. The van der Waals surface area contributed by atoms with Gasteiger partial charge in [-0.1, -0.05) is 11.3 Å². The van der Waals surface area contributed by atoms with Gasteiger partial charge in [-0.3, -0.25) is 14.9 Å². The van der Waals surface area contributed by atoms with E-state index in [-0.39, 0.29) is 24.2 Å². The Balaban J connectivity index is 1.86. The van der Waals surface area contributed by atoms with Gasteiger partial charge in [-0.25, -0.2) is 4.98 Å². The van der Waals surface area contributed by atoms with Crippen molar-refractivity contribution in [3.63, 3.8) is 0 Å². The molecule has 1 aromatic carbocycles. The standard InChI is InChI=1S/C14H14IN3O3S2/c1-8-13(22-7-11(16)19)23-14(17-8)18-12(20)6-21-10-4-2-9(15)3-5-10/h2-5H,6-7H2,1H3,(H2,16,19)(H,17,18,20). The van der Waals surface area contributed by atoms with Gasteiger partial charge in [0.2, 0.25) is 5.91 Å². The van der Waals surface area contributed by atoms with Crippen LogP contribution >= 0.6 is 45.7 Å². The molecule has 3 N–H and O–H groups in total. The van der Waals surface area contributed by atoms with Crippen LogP contribution in [0.3, 0.4) is 0 Å².